The molecule has 15 heavy (non-hydrogen) atoms. The van der Waals surface area contributed by atoms with Gasteiger partial charge in [0.2, 0.25) is 0 Å². The minimum atomic E-state index is 0.0251. The van der Waals surface area contributed by atoms with Crippen LogP contribution in [-0.2, 0) is 4.79 Å². The van der Waals surface area contributed by atoms with Gasteiger partial charge in [0.25, 0.3) is 0 Å². The van der Waals surface area contributed by atoms with Crippen LogP contribution in [-0.4, -0.2) is 12.4 Å². The third-order valence-electron chi connectivity index (χ3n) is 1.83. The van der Waals surface area contributed by atoms with Crippen molar-refractivity contribution in [3.05, 3.63) is 28.2 Å². The molecule has 4 heteroatoms. The fourth-order valence-corrected chi connectivity index (χ4v) is 1.63. The maximum atomic E-state index is 11.2. The standard InChI is InChI=1S/C11H12Cl2O2/c1-2-4-8(14)7-15-11-9(12)5-3-6-10(11)13/h3,5-6H,2,4,7H2,1H3. The van der Waals surface area contributed by atoms with Crippen molar-refractivity contribution in [1.29, 1.82) is 0 Å². The number of para-hydroxylation sites is 1. The van der Waals surface area contributed by atoms with E-state index in [1.807, 2.05) is 6.92 Å². The Balaban J connectivity index is 2.61. The van der Waals surface area contributed by atoms with E-state index in [1.54, 1.807) is 18.2 Å². The summed E-state index contributed by atoms with van der Waals surface area (Å²) >= 11 is 11.7. The normalized spacial score (nSPS) is 10.1. The van der Waals surface area contributed by atoms with Crippen LogP contribution in [0.3, 0.4) is 0 Å². The zero-order valence-electron chi connectivity index (χ0n) is 8.43. The zero-order chi connectivity index (χ0) is 11.3. The third kappa shape index (κ3) is 3.73. The number of hydrogen-bond donors (Lipinski definition) is 0. The van der Waals surface area contributed by atoms with Crippen molar-refractivity contribution in [1.82, 2.24) is 0 Å². The van der Waals surface area contributed by atoms with Crippen LogP contribution < -0.4 is 4.74 Å². The number of Topliss-reactive ketones (excluding diaryl/α,β-unsaturated/α-hetero) is 1. The Morgan fingerprint density at radius 1 is 1.33 bits per heavy atom. The molecular weight excluding hydrogens is 235 g/mol. The van der Waals surface area contributed by atoms with Gasteiger partial charge >= 0.3 is 0 Å². The van der Waals surface area contributed by atoms with Gasteiger partial charge in [-0.05, 0) is 18.6 Å². The van der Waals surface area contributed by atoms with E-state index >= 15 is 0 Å². The summed E-state index contributed by atoms with van der Waals surface area (Å²) in [6.45, 7) is 1.97. The largest absolute Gasteiger partial charge is 0.483 e. The highest BCUT2D eigenvalue weighted by Gasteiger charge is 2.08. The van der Waals surface area contributed by atoms with Gasteiger partial charge in [-0.15, -0.1) is 0 Å². The molecule has 82 valence electrons. The van der Waals surface area contributed by atoms with Gasteiger partial charge < -0.3 is 4.74 Å². The number of halogens is 2. The Bertz CT molecular complexity index is 330. The second-order valence-electron chi connectivity index (χ2n) is 3.13. The highest BCUT2D eigenvalue weighted by Crippen LogP contribution is 2.32. The molecule has 0 spiro atoms. The number of carbonyl (C=O) groups is 1. The molecule has 0 amide bonds. The Kier molecular flexibility index (Phi) is 4.92. The maximum absolute atomic E-state index is 11.2. The Morgan fingerprint density at radius 3 is 2.47 bits per heavy atom. The lowest BCUT2D eigenvalue weighted by Crippen LogP contribution is -2.10. The van der Waals surface area contributed by atoms with E-state index in [-0.39, 0.29) is 12.4 Å². The third-order valence-corrected chi connectivity index (χ3v) is 2.42. The van der Waals surface area contributed by atoms with Gasteiger partial charge in [-0.3, -0.25) is 4.79 Å². The van der Waals surface area contributed by atoms with Crippen LogP contribution in [0.2, 0.25) is 10.0 Å². The van der Waals surface area contributed by atoms with Crippen molar-refractivity contribution < 1.29 is 9.53 Å². The van der Waals surface area contributed by atoms with E-state index in [4.69, 9.17) is 27.9 Å². The fourth-order valence-electron chi connectivity index (χ4n) is 1.12. The molecule has 0 aromatic heterocycles. The van der Waals surface area contributed by atoms with E-state index in [2.05, 4.69) is 0 Å². The maximum Gasteiger partial charge on any atom is 0.170 e. The molecule has 1 aromatic rings. The van der Waals surface area contributed by atoms with Gasteiger partial charge in [-0.1, -0.05) is 36.2 Å². The molecule has 0 saturated carbocycles. The van der Waals surface area contributed by atoms with E-state index in [0.29, 0.717) is 22.2 Å². The van der Waals surface area contributed by atoms with Crippen molar-refractivity contribution in [3.63, 3.8) is 0 Å². The van der Waals surface area contributed by atoms with Crippen molar-refractivity contribution >= 4 is 29.0 Å². The molecule has 0 atom stereocenters. The van der Waals surface area contributed by atoms with Crippen LogP contribution in [0.4, 0.5) is 0 Å². The fraction of sp³-hybridized carbons (Fsp3) is 0.364. The number of hydrogen-bond acceptors (Lipinski definition) is 2. The van der Waals surface area contributed by atoms with Crippen LogP contribution in [0, 0.1) is 0 Å². The molecule has 1 rings (SSSR count). The van der Waals surface area contributed by atoms with Crippen molar-refractivity contribution in [2.24, 2.45) is 0 Å². The van der Waals surface area contributed by atoms with Crippen LogP contribution in [0.25, 0.3) is 0 Å². The monoisotopic (exact) mass is 246 g/mol. The average Bonchev–Trinajstić information content (AvgIpc) is 2.17. The molecule has 0 radical (unpaired) electrons. The zero-order valence-corrected chi connectivity index (χ0v) is 9.94. The van der Waals surface area contributed by atoms with Crippen molar-refractivity contribution in [2.45, 2.75) is 19.8 Å². The van der Waals surface area contributed by atoms with Crippen LogP contribution in [0.15, 0.2) is 18.2 Å². The molecule has 2 nitrogen and oxygen atoms in total. The molecule has 0 N–H and O–H groups in total. The number of rotatable bonds is 5. The lowest BCUT2D eigenvalue weighted by molar-refractivity contribution is -0.121. The first kappa shape index (κ1) is 12.3. The summed E-state index contributed by atoms with van der Waals surface area (Å²) in [5.41, 5.74) is 0. The molecule has 0 aliphatic rings. The topological polar surface area (TPSA) is 26.3 Å². The lowest BCUT2D eigenvalue weighted by atomic mass is 10.2. The number of benzene rings is 1. The average molecular weight is 247 g/mol. The predicted octanol–water partition coefficient (Wildman–Crippen LogP) is 3.74. The second-order valence-corrected chi connectivity index (χ2v) is 3.94. The van der Waals surface area contributed by atoms with Gasteiger partial charge in [0.1, 0.15) is 6.61 Å². The van der Waals surface area contributed by atoms with E-state index in [9.17, 15) is 4.79 Å². The summed E-state index contributed by atoms with van der Waals surface area (Å²) < 4.78 is 5.27. The van der Waals surface area contributed by atoms with E-state index in [1.165, 1.54) is 0 Å². The SMILES string of the molecule is CCCC(=O)COc1c(Cl)cccc1Cl. The Labute approximate surface area is 99.1 Å². The minimum absolute atomic E-state index is 0.0251. The molecule has 0 bridgehead atoms. The van der Waals surface area contributed by atoms with E-state index < -0.39 is 0 Å². The van der Waals surface area contributed by atoms with Gasteiger partial charge in [0, 0.05) is 6.42 Å². The Hall–Kier alpha value is -0.730. The van der Waals surface area contributed by atoms with Gasteiger partial charge in [-0.25, -0.2) is 0 Å². The molecule has 0 unspecified atom stereocenters. The molecule has 0 saturated heterocycles. The first-order chi connectivity index (χ1) is 7.15. The van der Waals surface area contributed by atoms with Gasteiger partial charge in [0.15, 0.2) is 11.5 Å². The van der Waals surface area contributed by atoms with Gasteiger partial charge in [-0.2, -0.15) is 0 Å². The molecule has 0 heterocycles. The molecule has 1 aromatic carbocycles. The smallest absolute Gasteiger partial charge is 0.170 e. The van der Waals surface area contributed by atoms with Crippen LogP contribution in [0.5, 0.6) is 5.75 Å². The number of carbonyl (C=O) groups excluding carboxylic acids is 1. The summed E-state index contributed by atoms with van der Waals surface area (Å²) in [6.07, 6.45) is 1.33. The number of ketones is 1. The second kappa shape index (κ2) is 5.99. The summed E-state index contributed by atoms with van der Waals surface area (Å²) in [5.74, 6) is 0.429. The lowest BCUT2D eigenvalue weighted by Gasteiger charge is -2.08. The summed E-state index contributed by atoms with van der Waals surface area (Å²) in [5, 5.41) is 0.846. The summed E-state index contributed by atoms with van der Waals surface area (Å²) in [7, 11) is 0. The molecule has 0 aliphatic heterocycles. The minimum Gasteiger partial charge on any atom is -0.483 e. The first-order valence-corrected chi connectivity index (χ1v) is 5.49. The molecule has 0 aliphatic carbocycles. The highest BCUT2D eigenvalue weighted by molar-refractivity contribution is 6.37. The molecular formula is C11H12Cl2O2. The van der Waals surface area contributed by atoms with Crippen LogP contribution >= 0.6 is 23.2 Å². The predicted molar refractivity (Wildman–Crippen MR) is 61.9 cm³/mol. The number of ether oxygens (including phenoxy) is 1. The van der Waals surface area contributed by atoms with E-state index in [0.717, 1.165) is 6.42 Å². The summed E-state index contributed by atoms with van der Waals surface area (Å²) in [4.78, 5) is 11.2. The van der Waals surface area contributed by atoms with Crippen molar-refractivity contribution in [3.8, 4) is 5.75 Å². The quantitative estimate of drug-likeness (QED) is 0.792. The first-order valence-electron chi connectivity index (χ1n) is 4.73. The van der Waals surface area contributed by atoms with Crippen LogP contribution in [0.1, 0.15) is 19.8 Å². The van der Waals surface area contributed by atoms with Crippen molar-refractivity contribution in [2.75, 3.05) is 6.61 Å². The van der Waals surface area contributed by atoms with Gasteiger partial charge in [0.05, 0.1) is 10.0 Å². The summed E-state index contributed by atoms with van der Waals surface area (Å²) in [6, 6.07) is 5.07. The Morgan fingerprint density at radius 2 is 1.93 bits per heavy atom. The molecule has 0 fully saturated rings. The highest BCUT2D eigenvalue weighted by atomic mass is 35.5.